The Morgan fingerprint density at radius 1 is 1.10 bits per heavy atom. The number of aromatic nitrogens is 1. The second-order valence-corrected chi connectivity index (χ2v) is 10.8. The van der Waals surface area contributed by atoms with E-state index >= 15 is 0 Å². The normalized spacial score (nSPS) is 16.9. The lowest BCUT2D eigenvalue weighted by Crippen LogP contribution is -2.46. The topological polar surface area (TPSA) is 84.0 Å². The van der Waals surface area contributed by atoms with Gasteiger partial charge < -0.3 is 19.7 Å². The lowest BCUT2D eigenvalue weighted by atomic mass is 9.86. The van der Waals surface area contributed by atoms with Gasteiger partial charge in [0.25, 0.3) is 0 Å². The Kier molecular flexibility index (Phi) is 9.19. The SMILES string of the molecule is CCOC(=O)c1cnc2ccc(Cl)cc2c1Nc1ccc(C2CCN(C(=O)CN3CCOCC3)CC2)c(C(F)(F)F)c1. The quantitative estimate of drug-likeness (QED) is 0.338. The Balaban J connectivity index is 1.38. The number of morpholine rings is 1. The minimum Gasteiger partial charge on any atom is -0.462 e. The number of halogens is 4. The number of alkyl halides is 3. The minimum atomic E-state index is -4.61. The van der Waals surface area contributed by atoms with Crippen LogP contribution >= 0.6 is 11.6 Å². The summed E-state index contributed by atoms with van der Waals surface area (Å²) in [6.45, 7) is 5.46. The van der Waals surface area contributed by atoms with Gasteiger partial charge in [-0.15, -0.1) is 0 Å². The van der Waals surface area contributed by atoms with Crippen molar-refractivity contribution in [2.45, 2.75) is 31.9 Å². The highest BCUT2D eigenvalue weighted by Gasteiger charge is 2.37. The van der Waals surface area contributed by atoms with Gasteiger partial charge in [0.15, 0.2) is 0 Å². The van der Waals surface area contributed by atoms with Crippen LogP contribution in [0.2, 0.25) is 5.02 Å². The summed E-state index contributed by atoms with van der Waals surface area (Å²) in [4.78, 5) is 33.6. The number of nitrogens with one attached hydrogen (secondary N) is 1. The van der Waals surface area contributed by atoms with E-state index in [2.05, 4.69) is 10.3 Å². The number of hydrogen-bond acceptors (Lipinski definition) is 7. The molecule has 3 aromatic rings. The average Bonchev–Trinajstić information content (AvgIpc) is 2.97. The van der Waals surface area contributed by atoms with Gasteiger partial charge in [0, 0.05) is 48.5 Å². The van der Waals surface area contributed by atoms with Gasteiger partial charge in [0.1, 0.15) is 5.56 Å². The summed E-state index contributed by atoms with van der Waals surface area (Å²) in [7, 11) is 0. The van der Waals surface area contributed by atoms with Crippen LogP contribution in [0, 0.1) is 0 Å². The van der Waals surface area contributed by atoms with Crippen molar-refractivity contribution in [1.29, 1.82) is 0 Å². The summed E-state index contributed by atoms with van der Waals surface area (Å²) in [5.41, 5.74) is 0.452. The molecule has 1 amide bonds. The highest BCUT2D eigenvalue weighted by Crippen LogP contribution is 2.41. The lowest BCUT2D eigenvalue weighted by Gasteiger charge is -2.35. The predicted octanol–water partition coefficient (Wildman–Crippen LogP) is 5.87. The number of benzene rings is 2. The Bertz CT molecular complexity index is 1450. The number of carbonyl (C=O) groups excluding carboxylic acids is 2. The Morgan fingerprint density at radius 3 is 2.52 bits per heavy atom. The molecule has 0 radical (unpaired) electrons. The number of anilines is 2. The lowest BCUT2D eigenvalue weighted by molar-refractivity contribution is -0.139. The fraction of sp³-hybridized carbons (Fsp3) is 0.433. The van der Waals surface area contributed by atoms with E-state index in [0.717, 1.165) is 6.07 Å². The second-order valence-electron chi connectivity index (χ2n) is 10.4. The first-order chi connectivity index (χ1) is 20.1. The van der Waals surface area contributed by atoms with E-state index in [1.165, 1.54) is 12.3 Å². The monoisotopic (exact) mass is 604 g/mol. The molecule has 0 unspecified atom stereocenters. The van der Waals surface area contributed by atoms with Crippen LogP contribution in [0.1, 0.15) is 47.2 Å². The first-order valence-corrected chi connectivity index (χ1v) is 14.3. The molecule has 1 aromatic heterocycles. The number of esters is 1. The van der Waals surface area contributed by atoms with Crippen LogP contribution in [-0.2, 0) is 20.4 Å². The van der Waals surface area contributed by atoms with E-state index in [1.54, 1.807) is 36.1 Å². The van der Waals surface area contributed by atoms with Crippen molar-refractivity contribution in [3.63, 3.8) is 0 Å². The van der Waals surface area contributed by atoms with Gasteiger partial charge >= 0.3 is 12.1 Å². The molecule has 0 atom stereocenters. The highest BCUT2D eigenvalue weighted by atomic mass is 35.5. The highest BCUT2D eigenvalue weighted by molar-refractivity contribution is 6.31. The third kappa shape index (κ3) is 6.79. The van der Waals surface area contributed by atoms with Gasteiger partial charge in [-0.25, -0.2) is 4.79 Å². The second kappa shape index (κ2) is 12.8. The van der Waals surface area contributed by atoms with Crippen LogP contribution in [0.15, 0.2) is 42.6 Å². The molecule has 5 rings (SSSR count). The number of rotatable bonds is 7. The van der Waals surface area contributed by atoms with Crippen molar-refractivity contribution in [2.75, 3.05) is 57.9 Å². The van der Waals surface area contributed by atoms with Crippen LogP contribution in [-0.4, -0.2) is 79.2 Å². The zero-order chi connectivity index (χ0) is 29.9. The maximum atomic E-state index is 14.4. The van der Waals surface area contributed by atoms with Crippen molar-refractivity contribution in [3.05, 3.63) is 64.3 Å². The molecule has 0 aliphatic carbocycles. The molecule has 42 heavy (non-hydrogen) atoms. The summed E-state index contributed by atoms with van der Waals surface area (Å²) in [6, 6.07) is 9.04. The largest absolute Gasteiger partial charge is 0.462 e. The van der Waals surface area contributed by atoms with Gasteiger partial charge in [-0.3, -0.25) is 14.7 Å². The number of nitrogens with zero attached hydrogens (tertiary/aromatic N) is 3. The average molecular weight is 605 g/mol. The number of ether oxygens (including phenoxy) is 2. The number of pyridine rings is 1. The van der Waals surface area contributed by atoms with Gasteiger partial charge in [-0.1, -0.05) is 17.7 Å². The van der Waals surface area contributed by atoms with E-state index in [0.29, 0.717) is 74.7 Å². The Hall–Kier alpha value is -3.41. The molecule has 2 aliphatic rings. The van der Waals surface area contributed by atoms with Crippen LogP contribution in [0.5, 0.6) is 0 Å². The molecule has 2 fully saturated rings. The van der Waals surface area contributed by atoms with Crippen molar-refractivity contribution in [2.24, 2.45) is 0 Å². The molecular weight excluding hydrogens is 573 g/mol. The molecule has 3 heterocycles. The van der Waals surface area contributed by atoms with E-state index in [9.17, 15) is 22.8 Å². The van der Waals surface area contributed by atoms with E-state index < -0.39 is 17.7 Å². The fourth-order valence-electron chi connectivity index (χ4n) is 5.53. The van der Waals surface area contributed by atoms with Crippen molar-refractivity contribution in [1.82, 2.24) is 14.8 Å². The Morgan fingerprint density at radius 2 is 1.83 bits per heavy atom. The summed E-state index contributed by atoms with van der Waals surface area (Å²) in [5.74, 6) is -1.01. The number of fused-ring (bicyclic) bond motifs is 1. The molecule has 0 spiro atoms. The zero-order valence-electron chi connectivity index (χ0n) is 23.2. The standard InChI is InChI=1S/C30H32ClF3N4O4/c1-2-42-29(40)24-17-35-26-6-3-20(31)15-23(26)28(24)36-21-4-5-22(25(16-21)30(32,33)34)19-7-9-38(10-8-19)27(39)18-37-11-13-41-14-12-37/h3-6,15-17,19H,2,7-14,18H2,1H3,(H,35,36). The minimum absolute atomic E-state index is 0.00646. The third-order valence-electron chi connectivity index (χ3n) is 7.70. The molecule has 8 nitrogen and oxygen atoms in total. The van der Waals surface area contributed by atoms with Crippen LogP contribution in [0.3, 0.4) is 0 Å². The van der Waals surface area contributed by atoms with E-state index in [1.807, 2.05) is 4.90 Å². The number of likely N-dealkylation sites (tertiary alicyclic amines) is 1. The third-order valence-corrected chi connectivity index (χ3v) is 7.94. The molecule has 0 saturated carbocycles. The van der Waals surface area contributed by atoms with Crippen molar-refractivity contribution in [3.8, 4) is 0 Å². The molecule has 2 saturated heterocycles. The van der Waals surface area contributed by atoms with Crippen molar-refractivity contribution < 1.29 is 32.2 Å². The number of carbonyl (C=O) groups is 2. The Labute approximate surface area is 246 Å². The summed E-state index contributed by atoms with van der Waals surface area (Å²) < 4.78 is 53.7. The summed E-state index contributed by atoms with van der Waals surface area (Å²) >= 11 is 6.20. The molecule has 2 aromatic carbocycles. The molecular formula is C30H32ClF3N4O4. The van der Waals surface area contributed by atoms with E-state index in [4.69, 9.17) is 21.1 Å². The van der Waals surface area contributed by atoms with Gasteiger partial charge in [-0.05, 0) is 61.6 Å². The maximum absolute atomic E-state index is 14.4. The molecule has 1 N–H and O–H groups in total. The van der Waals surface area contributed by atoms with Crippen LogP contribution in [0.25, 0.3) is 10.9 Å². The molecule has 2 aliphatic heterocycles. The van der Waals surface area contributed by atoms with Gasteiger partial charge in [-0.2, -0.15) is 13.2 Å². The summed E-state index contributed by atoms with van der Waals surface area (Å²) in [6.07, 6.45) is -2.40. The fourth-order valence-corrected chi connectivity index (χ4v) is 5.71. The number of amides is 1. The first-order valence-electron chi connectivity index (χ1n) is 14.0. The molecule has 224 valence electrons. The maximum Gasteiger partial charge on any atom is 0.416 e. The van der Waals surface area contributed by atoms with Gasteiger partial charge in [0.05, 0.1) is 43.1 Å². The van der Waals surface area contributed by atoms with Crippen LogP contribution < -0.4 is 5.32 Å². The smallest absolute Gasteiger partial charge is 0.416 e. The van der Waals surface area contributed by atoms with Crippen LogP contribution in [0.4, 0.5) is 24.5 Å². The van der Waals surface area contributed by atoms with Gasteiger partial charge in [0.2, 0.25) is 5.91 Å². The number of piperidine rings is 1. The summed E-state index contributed by atoms with van der Waals surface area (Å²) in [5, 5.41) is 3.88. The zero-order valence-corrected chi connectivity index (χ0v) is 23.9. The number of hydrogen-bond donors (Lipinski definition) is 1. The molecule has 0 bridgehead atoms. The molecule has 12 heteroatoms. The van der Waals surface area contributed by atoms with Crippen molar-refractivity contribution >= 4 is 45.8 Å². The predicted molar refractivity (Wildman–Crippen MR) is 153 cm³/mol. The first kappa shape index (κ1) is 30.1. The van der Waals surface area contributed by atoms with E-state index in [-0.39, 0.29) is 40.9 Å².